The summed E-state index contributed by atoms with van der Waals surface area (Å²) in [4.78, 5) is 16.4. The van der Waals surface area contributed by atoms with E-state index in [1.54, 1.807) is 24.3 Å². The van der Waals surface area contributed by atoms with Crippen LogP contribution in [-0.4, -0.2) is 42.1 Å². The van der Waals surface area contributed by atoms with Gasteiger partial charge in [-0.2, -0.15) is 0 Å². The third-order valence-corrected chi connectivity index (χ3v) is 5.07. The van der Waals surface area contributed by atoms with E-state index in [9.17, 15) is 9.90 Å². The van der Waals surface area contributed by atoms with E-state index in [-0.39, 0.29) is 11.7 Å². The van der Waals surface area contributed by atoms with Gasteiger partial charge in [0.2, 0.25) is 5.91 Å². The second kappa shape index (κ2) is 7.98. The molecule has 1 heterocycles. The average Bonchev–Trinajstić information content (AvgIpc) is 2.61. The molecular formula is C19H20Cl2N2O2. The molecule has 0 aromatic heterocycles. The van der Waals surface area contributed by atoms with Crippen LogP contribution in [0.2, 0.25) is 10.0 Å². The van der Waals surface area contributed by atoms with E-state index in [2.05, 4.69) is 4.90 Å². The van der Waals surface area contributed by atoms with E-state index in [4.69, 9.17) is 23.2 Å². The minimum absolute atomic E-state index is 0.128. The molecule has 4 nitrogen and oxygen atoms in total. The molecule has 0 radical (unpaired) electrons. The highest BCUT2D eigenvalue weighted by Gasteiger charge is 2.22. The number of rotatable bonds is 4. The number of benzene rings is 2. The fourth-order valence-electron chi connectivity index (χ4n) is 3.05. The lowest BCUT2D eigenvalue weighted by molar-refractivity contribution is -0.131. The molecule has 2 aromatic carbocycles. The van der Waals surface area contributed by atoms with Crippen molar-refractivity contribution in [3.63, 3.8) is 0 Å². The van der Waals surface area contributed by atoms with Crippen LogP contribution in [0.3, 0.4) is 0 Å². The molecule has 0 bridgehead atoms. The lowest BCUT2D eigenvalue weighted by atomic mass is 10.1. The van der Waals surface area contributed by atoms with E-state index in [0.29, 0.717) is 49.1 Å². The normalized spacial score (nSPS) is 14.6. The largest absolute Gasteiger partial charge is 0.506 e. The van der Waals surface area contributed by atoms with Crippen molar-refractivity contribution < 1.29 is 9.90 Å². The number of aromatic hydroxyl groups is 1. The Labute approximate surface area is 157 Å². The van der Waals surface area contributed by atoms with Crippen LogP contribution in [-0.2, 0) is 11.2 Å². The first kappa shape index (κ1) is 17.9. The van der Waals surface area contributed by atoms with Crippen LogP contribution < -0.4 is 4.90 Å². The third-order valence-electron chi connectivity index (χ3n) is 4.48. The molecule has 1 amide bonds. The highest BCUT2D eigenvalue weighted by atomic mass is 35.5. The van der Waals surface area contributed by atoms with Crippen molar-refractivity contribution in [1.82, 2.24) is 4.90 Å². The Morgan fingerprint density at radius 3 is 2.44 bits per heavy atom. The summed E-state index contributed by atoms with van der Waals surface area (Å²) in [5, 5.41) is 11.1. The summed E-state index contributed by atoms with van der Waals surface area (Å²) in [6, 6.07) is 12.7. The molecule has 1 N–H and O–H groups in total. The first-order valence-electron chi connectivity index (χ1n) is 8.29. The molecule has 0 spiro atoms. The first-order valence-corrected chi connectivity index (χ1v) is 9.05. The second-order valence-electron chi connectivity index (χ2n) is 6.09. The number of phenols is 1. The van der Waals surface area contributed by atoms with Gasteiger partial charge in [-0.3, -0.25) is 4.79 Å². The summed E-state index contributed by atoms with van der Waals surface area (Å²) in [6.07, 6.45) is 1.03. The number of amides is 1. The highest BCUT2D eigenvalue weighted by molar-refractivity contribution is 6.35. The average molecular weight is 379 g/mol. The molecule has 1 fully saturated rings. The summed E-state index contributed by atoms with van der Waals surface area (Å²) < 4.78 is 0. The predicted molar refractivity (Wildman–Crippen MR) is 102 cm³/mol. The van der Waals surface area contributed by atoms with Crippen molar-refractivity contribution in [3.05, 3.63) is 58.1 Å². The number of halogens is 2. The maximum Gasteiger partial charge on any atom is 0.223 e. The molecule has 1 saturated heterocycles. The quantitative estimate of drug-likeness (QED) is 0.874. The number of hydrogen-bond donors (Lipinski definition) is 1. The fraction of sp³-hybridized carbons (Fsp3) is 0.316. The van der Waals surface area contributed by atoms with Gasteiger partial charge in [0.05, 0.1) is 5.69 Å². The monoisotopic (exact) mass is 378 g/mol. The molecule has 0 atom stereocenters. The van der Waals surface area contributed by atoms with Gasteiger partial charge in [0.25, 0.3) is 0 Å². The van der Waals surface area contributed by atoms with E-state index < -0.39 is 0 Å². The molecule has 0 aliphatic carbocycles. The number of carbonyl (C=O) groups is 1. The third kappa shape index (κ3) is 4.39. The molecule has 3 rings (SSSR count). The van der Waals surface area contributed by atoms with Gasteiger partial charge in [-0.1, -0.05) is 41.4 Å². The number of nitrogens with zero attached hydrogens (tertiary/aromatic N) is 2. The Bertz CT molecular complexity index is 759. The van der Waals surface area contributed by atoms with Crippen LogP contribution in [0.1, 0.15) is 12.0 Å². The summed E-state index contributed by atoms with van der Waals surface area (Å²) in [7, 11) is 0. The molecule has 0 saturated carbocycles. The second-order valence-corrected chi connectivity index (χ2v) is 6.94. The smallest absolute Gasteiger partial charge is 0.223 e. The molecular weight excluding hydrogens is 359 g/mol. The van der Waals surface area contributed by atoms with Crippen LogP contribution in [0.4, 0.5) is 5.69 Å². The van der Waals surface area contributed by atoms with Crippen molar-refractivity contribution in [3.8, 4) is 5.75 Å². The van der Waals surface area contributed by atoms with Crippen molar-refractivity contribution in [1.29, 1.82) is 0 Å². The molecule has 0 unspecified atom stereocenters. The van der Waals surface area contributed by atoms with Gasteiger partial charge in [0.1, 0.15) is 5.75 Å². The molecule has 132 valence electrons. The van der Waals surface area contributed by atoms with Crippen molar-refractivity contribution in [2.45, 2.75) is 12.8 Å². The Hall–Kier alpha value is -1.91. The Morgan fingerprint density at radius 1 is 1.04 bits per heavy atom. The van der Waals surface area contributed by atoms with Gasteiger partial charge in [-0.05, 0) is 36.2 Å². The number of para-hydroxylation sites is 2. The van der Waals surface area contributed by atoms with Crippen LogP contribution in [0.25, 0.3) is 0 Å². The lowest BCUT2D eigenvalue weighted by Gasteiger charge is -2.36. The summed E-state index contributed by atoms with van der Waals surface area (Å²) >= 11 is 12.1. The standard InChI is InChI=1S/C19H20Cl2N2O2/c20-15-7-5-14(16(21)13-15)6-8-19(25)23-11-9-22(10-12-23)17-3-1-2-4-18(17)24/h1-5,7,13,24H,6,8-12H2. The zero-order valence-corrected chi connectivity index (χ0v) is 15.3. The van der Waals surface area contributed by atoms with Crippen LogP contribution in [0.5, 0.6) is 5.75 Å². The minimum Gasteiger partial charge on any atom is -0.506 e. The van der Waals surface area contributed by atoms with E-state index >= 15 is 0 Å². The molecule has 6 heteroatoms. The summed E-state index contributed by atoms with van der Waals surface area (Å²) in [5.74, 6) is 0.405. The Kier molecular flexibility index (Phi) is 5.71. The van der Waals surface area contributed by atoms with Crippen LogP contribution in [0.15, 0.2) is 42.5 Å². The zero-order valence-electron chi connectivity index (χ0n) is 13.8. The topological polar surface area (TPSA) is 43.8 Å². The SMILES string of the molecule is O=C(CCc1ccc(Cl)cc1Cl)N1CCN(c2ccccc2O)CC1. The highest BCUT2D eigenvalue weighted by Crippen LogP contribution is 2.27. The van der Waals surface area contributed by atoms with E-state index in [1.807, 2.05) is 23.1 Å². The fourth-order valence-corrected chi connectivity index (χ4v) is 3.56. The van der Waals surface area contributed by atoms with Gasteiger partial charge in [-0.25, -0.2) is 0 Å². The predicted octanol–water partition coefficient (Wildman–Crippen LogP) is 3.98. The zero-order chi connectivity index (χ0) is 17.8. The van der Waals surface area contributed by atoms with Crippen LogP contribution in [0, 0.1) is 0 Å². The lowest BCUT2D eigenvalue weighted by Crippen LogP contribution is -2.48. The summed E-state index contributed by atoms with van der Waals surface area (Å²) in [5.41, 5.74) is 1.76. The number of anilines is 1. The number of piperazine rings is 1. The van der Waals surface area contributed by atoms with Crippen molar-refractivity contribution >= 4 is 34.8 Å². The van der Waals surface area contributed by atoms with Gasteiger partial charge >= 0.3 is 0 Å². The van der Waals surface area contributed by atoms with Gasteiger partial charge < -0.3 is 14.9 Å². The number of phenolic OH excluding ortho intramolecular Hbond substituents is 1. The van der Waals surface area contributed by atoms with Crippen LogP contribution >= 0.6 is 23.2 Å². The first-order chi connectivity index (χ1) is 12.0. The Balaban J connectivity index is 1.52. The molecule has 1 aliphatic rings. The molecule has 25 heavy (non-hydrogen) atoms. The molecule has 2 aromatic rings. The van der Waals surface area contributed by atoms with Gasteiger partial charge in [-0.15, -0.1) is 0 Å². The Morgan fingerprint density at radius 2 is 1.76 bits per heavy atom. The van der Waals surface area contributed by atoms with Crippen molar-refractivity contribution in [2.24, 2.45) is 0 Å². The maximum absolute atomic E-state index is 12.4. The number of hydrogen-bond acceptors (Lipinski definition) is 3. The van der Waals surface area contributed by atoms with E-state index in [0.717, 1.165) is 11.3 Å². The maximum atomic E-state index is 12.4. The summed E-state index contributed by atoms with van der Waals surface area (Å²) in [6.45, 7) is 2.74. The number of carbonyl (C=O) groups excluding carboxylic acids is 1. The van der Waals surface area contributed by atoms with Gasteiger partial charge in [0, 0.05) is 42.6 Å². The molecule has 1 aliphatic heterocycles. The van der Waals surface area contributed by atoms with E-state index in [1.165, 1.54) is 0 Å². The van der Waals surface area contributed by atoms with Gasteiger partial charge in [0.15, 0.2) is 0 Å². The minimum atomic E-state index is 0.128. The van der Waals surface area contributed by atoms with Crippen molar-refractivity contribution in [2.75, 3.05) is 31.1 Å². The number of aryl methyl sites for hydroxylation is 1.